The topological polar surface area (TPSA) is 104 Å². The van der Waals surface area contributed by atoms with Gasteiger partial charge in [0, 0.05) is 0 Å². The van der Waals surface area contributed by atoms with Crippen molar-refractivity contribution in [2.24, 2.45) is 0 Å². The fourth-order valence-electron chi connectivity index (χ4n) is 1.01. The summed E-state index contributed by atoms with van der Waals surface area (Å²) in [7, 11) is 0. The molecule has 1 heterocycles. The molecule has 0 saturated carbocycles. The van der Waals surface area contributed by atoms with Crippen LogP contribution < -0.4 is 10.6 Å². The summed E-state index contributed by atoms with van der Waals surface area (Å²) in [6, 6.07) is -1.48. The van der Waals surface area contributed by atoms with Crippen molar-refractivity contribution in [2.45, 2.75) is 12.5 Å². The standard InChI is InChI=1S/C8H12N4O3S2/c1-16-3-2-5(6(13)14)10-7(15)11-8-12-9-4-17-8/h4-5H,2-3H2,1H3,(H,13,14)(H2,10,11,12,15)/t5-/m1/s1. The van der Waals surface area contributed by atoms with Gasteiger partial charge in [-0.05, 0) is 18.4 Å². The number of carboxylic acids is 1. The van der Waals surface area contributed by atoms with Crippen LogP contribution in [0, 0.1) is 0 Å². The molecular weight excluding hydrogens is 264 g/mol. The van der Waals surface area contributed by atoms with Gasteiger partial charge in [0.2, 0.25) is 5.13 Å². The number of nitrogens with zero attached hydrogens (tertiary/aromatic N) is 2. The van der Waals surface area contributed by atoms with Crippen LogP contribution in [0.5, 0.6) is 0 Å². The second kappa shape index (κ2) is 7.07. The van der Waals surface area contributed by atoms with E-state index in [0.29, 0.717) is 17.3 Å². The lowest BCUT2D eigenvalue weighted by atomic mass is 10.2. The van der Waals surface area contributed by atoms with Gasteiger partial charge in [-0.15, -0.1) is 10.2 Å². The molecule has 0 spiro atoms. The number of aromatic nitrogens is 2. The van der Waals surface area contributed by atoms with Gasteiger partial charge in [0.25, 0.3) is 0 Å². The molecule has 1 aromatic rings. The maximum absolute atomic E-state index is 11.4. The number of anilines is 1. The number of carbonyl (C=O) groups excluding carboxylic acids is 1. The van der Waals surface area contributed by atoms with Crippen molar-refractivity contribution < 1.29 is 14.7 Å². The maximum atomic E-state index is 11.4. The molecular formula is C8H12N4O3S2. The Labute approximate surface area is 106 Å². The Morgan fingerprint density at radius 2 is 2.41 bits per heavy atom. The van der Waals surface area contributed by atoms with Crippen LogP contribution in [0.25, 0.3) is 0 Å². The smallest absolute Gasteiger partial charge is 0.326 e. The lowest BCUT2D eigenvalue weighted by molar-refractivity contribution is -0.139. The van der Waals surface area contributed by atoms with Crippen molar-refractivity contribution in [3.63, 3.8) is 0 Å². The van der Waals surface area contributed by atoms with Gasteiger partial charge in [0.1, 0.15) is 11.6 Å². The molecule has 0 aromatic carbocycles. The second-order valence-electron chi connectivity index (χ2n) is 3.01. The lowest BCUT2D eigenvalue weighted by Gasteiger charge is -2.13. The van der Waals surface area contributed by atoms with Crippen molar-refractivity contribution in [1.29, 1.82) is 0 Å². The zero-order valence-electron chi connectivity index (χ0n) is 9.04. The number of carbonyl (C=O) groups is 2. The first-order chi connectivity index (χ1) is 8.13. The fraction of sp³-hybridized carbons (Fsp3) is 0.500. The average Bonchev–Trinajstić information content (AvgIpc) is 2.76. The number of nitrogens with one attached hydrogen (secondary N) is 2. The average molecular weight is 276 g/mol. The van der Waals surface area contributed by atoms with Gasteiger partial charge in [-0.3, -0.25) is 5.32 Å². The van der Waals surface area contributed by atoms with Crippen molar-refractivity contribution in [3.05, 3.63) is 5.51 Å². The van der Waals surface area contributed by atoms with E-state index in [9.17, 15) is 9.59 Å². The summed E-state index contributed by atoms with van der Waals surface area (Å²) < 4.78 is 0. The Bertz CT molecular complexity index is 371. The number of rotatable bonds is 6. The Balaban J connectivity index is 2.43. The monoisotopic (exact) mass is 276 g/mol. The minimum atomic E-state index is -1.05. The normalized spacial score (nSPS) is 11.8. The molecule has 7 nitrogen and oxygen atoms in total. The molecule has 3 N–H and O–H groups in total. The summed E-state index contributed by atoms with van der Waals surface area (Å²) >= 11 is 2.68. The first kappa shape index (κ1) is 13.7. The second-order valence-corrected chi connectivity index (χ2v) is 4.83. The number of urea groups is 1. The third-order valence-corrected chi connectivity index (χ3v) is 3.05. The van der Waals surface area contributed by atoms with Crippen molar-refractivity contribution >= 4 is 40.2 Å². The molecule has 0 aliphatic heterocycles. The third-order valence-electron chi connectivity index (χ3n) is 1.79. The quantitative estimate of drug-likeness (QED) is 0.712. The number of thioether (sulfide) groups is 1. The first-order valence-corrected chi connectivity index (χ1v) is 6.96. The molecule has 1 atom stereocenters. The van der Waals surface area contributed by atoms with Gasteiger partial charge in [-0.1, -0.05) is 11.3 Å². The number of hydrogen-bond acceptors (Lipinski definition) is 6. The van der Waals surface area contributed by atoms with Crippen LogP contribution in [0.1, 0.15) is 6.42 Å². The highest BCUT2D eigenvalue weighted by atomic mass is 32.2. The fourth-order valence-corrected chi connectivity index (χ4v) is 1.92. The first-order valence-electron chi connectivity index (χ1n) is 4.69. The van der Waals surface area contributed by atoms with Crippen LogP contribution in [-0.2, 0) is 4.79 Å². The summed E-state index contributed by atoms with van der Waals surface area (Å²) in [5.74, 6) is -0.387. The minimum absolute atomic E-state index is 0.330. The molecule has 2 amide bonds. The minimum Gasteiger partial charge on any atom is -0.480 e. The van der Waals surface area contributed by atoms with Gasteiger partial charge < -0.3 is 10.4 Å². The van der Waals surface area contributed by atoms with Gasteiger partial charge in [0.05, 0.1) is 0 Å². The van der Waals surface area contributed by atoms with Gasteiger partial charge in [-0.25, -0.2) is 9.59 Å². The van der Waals surface area contributed by atoms with Gasteiger partial charge in [0.15, 0.2) is 0 Å². The number of amides is 2. The Morgan fingerprint density at radius 3 is 2.94 bits per heavy atom. The van der Waals surface area contributed by atoms with Crippen LogP contribution >= 0.6 is 23.1 Å². The van der Waals surface area contributed by atoms with Crippen LogP contribution in [0.15, 0.2) is 5.51 Å². The molecule has 0 aliphatic rings. The maximum Gasteiger partial charge on any atom is 0.326 e. The van der Waals surface area contributed by atoms with Crippen molar-refractivity contribution in [1.82, 2.24) is 15.5 Å². The molecule has 9 heteroatoms. The number of hydrogen-bond donors (Lipinski definition) is 3. The van der Waals surface area contributed by atoms with Crippen LogP contribution in [0.2, 0.25) is 0 Å². The molecule has 0 aliphatic carbocycles. The van der Waals surface area contributed by atoms with E-state index in [4.69, 9.17) is 5.11 Å². The molecule has 1 aromatic heterocycles. The molecule has 94 valence electrons. The highest BCUT2D eigenvalue weighted by molar-refractivity contribution is 7.98. The Hall–Kier alpha value is -1.35. The van der Waals surface area contributed by atoms with E-state index in [0.717, 1.165) is 11.3 Å². The largest absolute Gasteiger partial charge is 0.480 e. The lowest BCUT2D eigenvalue weighted by Crippen LogP contribution is -2.43. The van der Waals surface area contributed by atoms with Gasteiger partial charge in [-0.2, -0.15) is 11.8 Å². The number of carboxylic acid groups (broad SMARTS) is 1. The van der Waals surface area contributed by atoms with Crippen LogP contribution in [0.3, 0.4) is 0 Å². The molecule has 17 heavy (non-hydrogen) atoms. The van der Waals surface area contributed by atoms with E-state index in [1.54, 1.807) is 0 Å². The third kappa shape index (κ3) is 5.00. The number of aliphatic carboxylic acids is 1. The SMILES string of the molecule is CSCC[C@@H](NC(=O)Nc1nncs1)C(=O)O. The molecule has 0 saturated heterocycles. The molecule has 0 bridgehead atoms. The van der Waals surface area contributed by atoms with Gasteiger partial charge >= 0.3 is 12.0 Å². The zero-order chi connectivity index (χ0) is 12.7. The summed E-state index contributed by atoms with van der Waals surface area (Å²) in [5.41, 5.74) is 1.47. The highest BCUT2D eigenvalue weighted by Gasteiger charge is 2.19. The zero-order valence-corrected chi connectivity index (χ0v) is 10.7. The Morgan fingerprint density at radius 1 is 1.65 bits per heavy atom. The van der Waals surface area contributed by atoms with E-state index in [1.807, 2.05) is 6.26 Å². The summed E-state index contributed by atoms with van der Waals surface area (Å²) in [4.78, 5) is 22.3. The molecule has 1 rings (SSSR count). The van der Waals surface area contributed by atoms with E-state index in [-0.39, 0.29) is 0 Å². The van der Waals surface area contributed by atoms with E-state index in [2.05, 4.69) is 20.8 Å². The predicted molar refractivity (Wildman–Crippen MR) is 66.5 cm³/mol. The summed E-state index contributed by atoms with van der Waals surface area (Å²) in [6.07, 6.45) is 2.25. The summed E-state index contributed by atoms with van der Waals surface area (Å²) in [5, 5.41) is 21.2. The highest BCUT2D eigenvalue weighted by Crippen LogP contribution is 2.08. The van der Waals surface area contributed by atoms with Crippen molar-refractivity contribution in [3.8, 4) is 0 Å². The molecule has 0 unspecified atom stereocenters. The Kier molecular flexibility index (Phi) is 5.70. The van der Waals surface area contributed by atoms with E-state index >= 15 is 0 Å². The van der Waals surface area contributed by atoms with Crippen LogP contribution in [-0.4, -0.2) is 45.4 Å². The van der Waals surface area contributed by atoms with Crippen LogP contribution in [0.4, 0.5) is 9.93 Å². The predicted octanol–water partition coefficient (Wildman–Crippen LogP) is 0.866. The molecule has 0 radical (unpaired) electrons. The van der Waals surface area contributed by atoms with E-state index < -0.39 is 18.0 Å². The molecule has 0 fully saturated rings. The summed E-state index contributed by atoms with van der Waals surface area (Å²) in [6.45, 7) is 0. The van der Waals surface area contributed by atoms with E-state index in [1.165, 1.54) is 17.3 Å². The van der Waals surface area contributed by atoms with Crippen molar-refractivity contribution in [2.75, 3.05) is 17.3 Å².